The van der Waals surface area contributed by atoms with E-state index in [9.17, 15) is 5.11 Å². The average Bonchev–Trinajstić information content (AvgIpc) is 2.90. The first-order chi connectivity index (χ1) is 11.6. The zero-order valence-corrected chi connectivity index (χ0v) is 12.6. The molecule has 116 valence electrons. The number of rotatable bonds is 3. The number of ether oxygens (including phenoxy) is 1. The molecule has 1 N–H and O–H groups in total. The van der Waals surface area contributed by atoms with Crippen LogP contribution in [0.4, 0.5) is 0 Å². The summed E-state index contributed by atoms with van der Waals surface area (Å²) < 4.78 is 5.98. The van der Waals surface area contributed by atoms with Crippen molar-refractivity contribution in [3.8, 4) is 40.9 Å². The van der Waals surface area contributed by atoms with Crippen molar-refractivity contribution < 1.29 is 9.84 Å². The topological polar surface area (TPSA) is 108 Å². The molecule has 24 heavy (non-hydrogen) atoms. The minimum absolute atomic E-state index is 0.0568. The maximum absolute atomic E-state index is 10.5. The molecule has 0 aliphatic carbocycles. The number of hydrogen-bond acceptors (Lipinski definition) is 6. The van der Waals surface area contributed by atoms with Gasteiger partial charge in [0, 0.05) is 0 Å². The van der Waals surface area contributed by atoms with E-state index in [4.69, 9.17) is 10.5 Å². The molecule has 0 spiro atoms. The molecule has 0 saturated heterocycles. The minimum Gasteiger partial charge on any atom is -0.493 e. The van der Waals surface area contributed by atoms with Gasteiger partial charge in [-0.2, -0.15) is 15.0 Å². The number of nitriles is 2. The van der Waals surface area contributed by atoms with E-state index in [2.05, 4.69) is 20.9 Å². The molecule has 1 aromatic carbocycles. The Balaban J connectivity index is 2.03. The van der Waals surface area contributed by atoms with E-state index < -0.39 is 0 Å². The second kappa shape index (κ2) is 6.11. The molecule has 0 bridgehead atoms. The second-order valence-electron chi connectivity index (χ2n) is 4.93. The number of aryl methyl sites for hydroxylation is 1. The van der Waals surface area contributed by atoms with E-state index in [1.54, 1.807) is 49.6 Å². The fourth-order valence-electron chi connectivity index (χ4n) is 2.34. The van der Waals surface area contributed by atoms with Gasteiger partial charge in [-0.3, -0.25) is 0 Å². The molecule has 0 radical (unpaired) electrons. The van der Waals surface area contributed by atoms with Gasteiger partial charge >= 0.3 is 0 Å². The van der Waals surface area contributed by atoms with Gasteiger partial charge in [0.2, 0.25) is 5.88 Å². The first kappa shape index (κ1) is 15.1. The summed E-state index contributed by atoms with van der Waals surface area (Å²) in [5.41, 5.74) is 2.48. The molecule has 3 rings (SSSR count). The molecule has 0 amide bonds. The fourth-order valence-corrected chi connectivity index (χ4v) is 2.34. The van der Waals surface area contributed by atoms with Crippen LogP contribution < -0.4 is 4.74 Å². The first-order valence-corrected chi connectivity index (χ1v) is 6.95. The lowest BCUT2D eigenvalue weighted by atomic mass is 10.0. The van der Waals surface area contributed by atoms with Crippen molar-refractivity contribution >= 4 is 0 Å². The molecule has 7 heteroatoms. The summed E-state index contributed by atoms with van der Waals surface area (Å²) in [6.45, 7) is 1.77. The van der Waals surface area contributed by atoms with Crippen LogP contribution >= 0.6 is 0 Å². The third-order valence-electron chi connectivity index (χ3n) is 3.44. The van der Waals surface area contributed by atoms with Crippen molar-refractivity contribution in [2.24, 2.45) is 0 Å². The number of aromatic hydroxyl groups is 1. The maximum atomic E-state index is 10.5. The standard InChI is InChI=1S/C17H11N5O2/c1-11-16(13-4-2-12(8-18)3-5-13)17(23)22(21-11)15-7-6-14(9-20-15)24-10-19/h2-7,9,23H,1H3. The number of hydrogen-bond donors (Lipinski definition) is 1. The van der Waals surface area contributed by atoms with Gasteiger partial charge in [-0.15, -0.1) is 5.26 Å². The Morgan fingerprint density at radius 2 is 1.88 bits per heavy atom. The highest BCUT2D eigenvalue weighted by molar-refractivity contribution is 5.72. The lowest BCUT2D eigenvalue weighted by molar-refractivity contribution is 0.433. The zero-order chi connectivity index (χ0) is 17.1. The summed E-state index contributed by atoms with van der Waals surface area (Å²) in [6.07, 6.45) is 2.94. The van der Waals surface area contributed by atoms with Crippen molar-refractivity contribution in [3.05, 3.63) is 53.9 Å². The first-order valence-electron chi connectivity index (χ1n) is 6.95. The predicted octanol–water partition coefficient (Wildman–Crippen LogP) is 2.68. The van der Waals surface area contributed by atoms with Gasteiger partial charge < -0.3 is 9.84 Å². The molecular formula is C17H11N5O2. The molecule has 0 fully saturated rings. The van der Waals surface area contributed by atoms with Crippen molar-refractivity contribution in [3.63, 3.8) is 0 Å². The molecule has 2 heterocycles. The minimum atomic E-state index is -0.0568. The number of pyridine rings is 1. The van der Waals surface area contributed by atoms with Crippen LogP contribution in [-0.4, -0.2) is 19.9 Å². The van der Waals surface area contributed by atoms with Gasteiger partial charge in [-0.1, -0.05) is 12.1 Å². The van der Waals surface area contributed by atoms with Crippen LogP contribution in [0.3, 0.4) is 0 Å². The second-order valence-corrected chi connectivity index (χ2v) is 4.93. The van der Waals surface area contributed by atoms with E-state index >= 15 is 0 Å². The fraction of sp³-hybridized carbons (Fsp3) is 0.0588. The third kappa shape index (κ3) is 2.62. The Bertz CT molecular complexity index is 960. The van der Waals surface area contributed by atoms with Crippen LogP contribution in [-0.2, 0) is 0 Å². The van der Waals surface area contributed by atoms with Crippen LogP contribution in [0.5, 0.6) is 11.6 Å². The number of benzene rings is 1. The molecule has 0 unspecified atom stereocenters. The molecule has 3 aromatic rings. The van der Waals surface area contributed by atoms with E-state index in [-0.39, 0.29) is 5.88 Å². The largest absolute Gasteiger partial charge is 0.493 e. The molecule has 7 nitrogen and oxygen atoms in total. The van der Waals surface area contributed by atoms with Gasteiger partial charge in [0.05, 0.1) is 29.1 Å². The highest BCUT2D eigenvalue weighted by Gasteiger charge is 2.18. The smallest absolute Gasteiger partial charge is 0.292 e. The SMILES string of the molecule is Cc1nn(-c2ccc(OC#N)cn2)c(O)c1-c1ccc(C#N)cc1. The predicted molar refractivity (Wildman–Crippen MR) is 84.2 cm³/mol. The molecule has 2 aromatic heterocycles. The van der Waals surface area contributed by atoms with Gasteiger partial charge in [-0.25, -0.2) is 4.98 Å². The summed E-state index contributed by atoms with van der Waals surface area (Å²) in [4.78, 5) is 4.13. The van der Waals surface area contributed by atoms with Crippen molar-refractivity contribution in [2.45, 2.75) is 6.92 Å². The molecule has 0 atom stereocenters. The Labute approximate surface area is 137 Å². The highest BCUT2D eigenvalue weighted by Crippen LogP contribution is 2.34. The third-order valence-corrected chi connectivity index (χ3v) is 3.44. The van der Waals surface area contributed by atoms with E-state index in [1.807, 2.05) is 0 Å². The lowest BCUT2D eigenvalue weighted by Gasteiger charge is -2.04. The van der Waals surface area contributed by atoms with E-state index in [0.29, 0.717) is 28.4 Å². The number of nitrogens with zero attached hydrogens (tertiary/aromatic N) is 5. The summed E-state index contributed by atoms with van der Waals surface area (Å²) in [7, 11) is 0. The molecule has 0 saturated carbocycles. The molecular weight excluding hydrogens is 306 g/mol. The van der Waals surface area contributed by atoms with Gasteiger partial charge in [0.1, 0.15) is 0 Å². The maximum Gasteiger partial charge on any atom is 0.292 e. The molecule has 0 aliphatic heterocycles. The zero-order valence-electron chi connectivity index (χ0n) is 12.6. The lowest BCUT2D eigenvalue weighted by Crippen LogP contribution is -1.99. The van der Waals surface area contributed by atoms with Crippen molar-refractivity contribution in [2.75, 3.05) is 0 Å². The van der Waals surface area contributed by atoms with Gasteiger partial charge in [-0.05, 0) is 36.8 Å². The van der Waals surface area contributed by atoms with Crippen LogP contribution in [0, 0.1) is 29.8 Å². The van der Waals surface area contributed by atoms with Crippen LogP contribution in [0.25, 0.3) is 16.9 Å². The van der Waals surface area contributed by atoms with Crippen LogP contribution in [0.2, 0.25) is 0 Å². The Kier molecular flexibility index (Phi) is 3.84. The number of aromatic nitrogens is 3. The van der Waals surface area contributed by atoms with Crippen molar-refractivity contribution in [1.29, 1.82) is 10.5 Å². The summed E-state index contributed by atoms with van der Waals surface area (Å²) >= 11 is 0. The summed E-state index contributed by atoms with van der Waals surface area (Å²) in [5, 5.41) is 32.2. The Morgan fingerprint density at radius 1 is 1.12 bits per heavy atom. The van der Waals surface area contributed by atoms with Crippen molar-refractivity contribution in [1.82, 2.24) is 14.8 Å². The van der Waals surface area contributed by atoms with E-state index in [0.717, 1.165) is 5.56 Å². The highest BCUT2D eigenvalue weighted by atomic mass is 16.5. The summed E-state index contributed by atoms with van der Waals surface area (Å²) in [6, 6.07) is 12.1. The van der Waals surface area contributed by atoms with Gasteiger partial charge in [0.25, 0.3) is 6.26 Å². The van der Waals surface area contributed by atoms with Crippen LogP contribution in [0.15, 0.2) is 42.6 Å². The quantitative estimate of drug-likeness (QED) is 0.744. The normalized spacial score (nSPS) is 9.96. The Hall–Kier alpha value is -3.84. The van der Waals surface area contributed by atoms with Crippen LogP contribution in [0.1, 0.15) is 11.3 Å². The molecule has 0 aliphatic rings. The monoisotopic (exact) mass is 317 g/mol. The average molecular weight is 317 g/mol. The van der Waals surface area contributed by atoms with E-state index in [1.165, 1.54) is 10.9 Å². The Morgan fingerprint density at radius 3 is 2.46 bits per heavy atom. The van der Waals surface area contributed by atoms with Gasteiger partial charge in [0.15, 0.2) is 11.6 Å². The summed E-state index contributed by atoms with van der Waals surface area (Å²) in [5.74, 6) is 0.636.